The predicted octanol–water partition coefficient (Wildman–Crippen LogP) is 0.598. The van der Waals surface area contributed by atoms with E-state index in [4.69, 9.17) is 9.47 Å². The first-order chi connectivity index (χ1) is 12.9. The monoisotopic (exact) mass is 407 g/mol. The van der Waals surface area contributed by atoms with Crippen LogP contribution >= 0.6 is 0 Å². The van der Waals surface area contributed by atoms with E-state index in [0.29, 0.717) is 5.69 Å². The number of carbonyl (C=O) groups is 2. The van der Waals surface area contributed by atoms with Crippen LogP contribution in [0.1, 0.15) is 25.1 Å². The number of aryl methyl sites for hydroxylation is 1. The Labute approximate surface area is 159 Å². The lowest BCUT2D eigenvalue weighted by atomic mass is 10.1. The zero-order valence-electron chi connectivity index (χ0n) is 15.0. The summed E-state index contributed by atoms with van der Waals surface area (Å²) < 4.78 is 44.1. The summed E-state index contributed by atoms with van der Waals surface area (Å²) in [5.74, 6) is -3.24. The van der Waals surface area contributed by atoms with E-state index in [0.717, 1.165) is 22.9 Å². The van der Waals surface area contributed by atoms with Crippen LogP contribution in [0.4, 0.5) is 0 Å². The summed E-state index contributed by atoms with van der Waals surface area (Å²) in [6.07, 6.45) is 1.07. The van der Waals surface area contributed by atoms with Crippen molar-refractivity contribution >= 4 is 28.1 Å². The lowest BCUT2D eigenvalue weighted by molar-refractivity contribution is -0.222. The third-order valence-corrected chi connectivity index (χ3v) is 4.76. The molecule has 1 saturated heterocycles. The quantitative estimate of drug-likeness (QED) is 0.337. The summed E-state index contributed by atoms with van der Waals surface area (Å²) >= 11 is 0. The number of cyclic esters (lactones) is 2. The molecular formula is C17H15N2O8S-. The first-order valence-electron chi connectivity index (χ1n) is 7.95. The molecule has 1 aliphatic rings. The van der Waals surface area contributed by atoms with E-state index in [1.165, 1.54) is 26.0 Å². The average Bonchev–Trinajstić information content (AvgIpc) is 2.84. The molecule has 0 bridgehead atoms. The van der Waals surface area contributed by atoms with Crippen molar-refractivity contribution in [1.29, 1.82) is 0 Å². The van der Waals surface area contributed by atoms with E-state index in [1.807, 2.05) is 0 Å². The number of hydrogen-bond donors (Lipinski definition) is 1. The van der Waals surface area contributed by atoms with Crippen molar-refractivity contribution in [2.45, 2.75) is 31.5 Å². The number of ether oxygens (including phenoxy) is 2. The molecule has 1 N–H and O–H groups in total. The fraction of sp³-hybridized carbons (Fsp3) is 0.235. The minimum Gasteiger partial charge on any atom is -0.744 e. The number of esters is 2. The Bertz CT molecular complexity index is 1140. The summed E-state index contributed by atoms with van der Waals surface area (Å²) in [6.45, 7) is 4.35. The molecule has 1 fully saturated rings. The molecule has 2 heterocycles. The zero-order valence-corrected chi connectivity index (χ0v) is 15.8. The maximum absolute atomic E-state index is 12.7. The van der Waals surface area contributed by atoms with Crippen molar-refractivity contribution in [3.05, 3.63) is 51.4 Å². The number of rotatable bonds is 3. The molecule has 0 saturated carbocycles. The fourth-order valence-electron chi connectivity index (χ4n) is 2.60. The van der Waals surface area contributed by atoms with Gasteiger partial charge in [-0.1, -0.05) is 0 Å². The molecule has 28 heavy (non-hydrogen) atoms. The van der Waals surface area contributed by atoms with E-state index in [9.17, 15) is 27.4 Å². The molecule has 1 aromatic carbocycles. The van der Waals surface area contributed by atoms with Gasteiger partial charge in [0.25, 0.3) is 11.3 Å². The van der Waals surface area contributed by atoms with Crippen LogP contribution < -0.4 is 5.56 Å². The zero-order chi connectivity index (χ0) is 20.9. The van der Waals surface area contributed by atoms with Gasteiger partial charge in [-0.05, 0) is 37.3 Å². The molecule has 0 amide bonds. The Balaban J connectivity index is 2.03. The molecule has 10 nitrogen and oxygen atoms in total. The third-order valence-electron chi connectivity index (χ3n) is 3.91. The summed E-state index contributed by atoms with van der Waals surface area (Å²) in [7, 11) is -4.62. The molecule has 0 aliphatic carbocycles. The van der Waals surface area contributed by atoms with Gasteiger partial charge in [0.2, 0.25) is 0 Å². The molecule has 0 spiro atoms. The van der Waals surface area contributed by atoms with Crippen LogP contribution in [0.2, 0.25) is 0 Å². The van der Waals surface area contributed by atoms with Crippen molar-refractivity contribution in [3.8, 4) is 5.69 Å². The van der Waals surface area contributed by atoms with Gasteiger partial charge < -0.3 is 14.0 Å². The van der Waals surface area contributed by atoms with E-state index in [2.05, 4.69) is 5.10 Å². The van der Waals surface area contributed by atoms with Crippen LogP contribution in [0.15, 0.2) is 39.5 Å². The van der Waals surface area contributed by atoms with E-state index < -0.39 is 43.9 Å². The standard InChI is InChI=1S/C17H16N2O8S/c1-9-12(8-13-15(21)26-17(2,3)27-16(13)22)14(20)19(18-9)10-4-6-11(7-5-10)28(23,24)25/h4-8,18H,1-3H3,(H,23,24,25)/p-1. The highest BCUT2D eigenvalue weighted by Gasteiger charge is 2.39. The molecule has 2 aromatic rings. The van der Waals surface area contributed by atoms with Crippen LogP contribution in [0, 0.1) is 6.92 Å². The molecule has 148 valence electrons. The number of benzene rings is 1. The molecule has 1 aromatic heterocycles. The van der Waals surface area contributed by atoms with Crippen LogP contribution in [0.25, 0.3) is 11.8 Å². The summed E-state index contributed by atoms with van der Waals surface area (Å²) in [4.78, 5) is 36.4. The molecule has 0 atom stereocenters. The molecule has 3 rings (SSSR count). The third kappa shape index (κ3) is 3.62. The Kier molecular flexibility index (Phi) is 4.52. The summed E-state index contributed by atoms with van der Waals surface area (Å²) in [5.41, 5.74) is -0.431. The Morgan fingerprint density at radius 2 is 1.61 bits per heavy atom. The maximum Gasteiger partial charge on any atom is 0.348 e. The van der Waals surface area contributed by atoms with Gasteiger partial charge in [0, 0.05) is 19.5 Å². The number of nitrogens with zero attached hydrogens (tertiary/aromatic N) is 1. The SMILES string of the molecule is Cc1[nH]n(-c2ccc(S(=O)(=O)[O-])cc2)c(=O)c1C=C1C(=O)OC(C)(C)OC1=O. The van der Waals surface area contributed by atoms with Crippen LogP contribution in [0.3, 0.4) is 0 Å². The van der Waals surface area contributed by atoms with Gasteiger partial charge in [0.05, 0.1) is 16.1 Å². The van der Waals surface area contributed by atoms with Gasteiger partial charge in [-0.2, -0.15) is 0 Å². The Morgan fingerprint density at radius 3 is 2.11 bits per heavy atom. The van der Waals surface area contributed by atoms with Crippen molar-refractivity contribution in [2.24, 2.45) is 0 Å². The second-order valence-electron chi connectivity index (χ2n) is 6.48. The van der Waals surface area contributed by atoms with Gasteiger partial charge in [0.15, 0.2) is 0 Å². The minimum absolute atomic E-state index is 0.0177. The lowest BCUT2D eigenvalue weighted by Gasteiger charge is -2.29. The van der Waals surface area contributed by atoms with Gasteiger partial charge in [-0.15, -0.1) is 0 Å². The average molecular weight is 407 g/mol. The van der Waals surface area contributed by atoms with Gasteiger partial charge >= 0.3 is 11.9 Å². The van der Waals surface area contributed by atoms with Crippen molar-refractivity contribution in [2.75, 3.05) is 0 Å². The van der Waals surface area contributed by atoms with Crippen molar-refractivity contribution < 1.29 is 32.0 Å². The van der Waals surface area contributed by atoms with E-state index in [1.54, 1.807) is 6.92 Å². The Hall–Kier alpha value is -3.18. The number of aromatic amines is 1. The second-order valence-corrected chi connectivity index (χ2v) is 7.86. The maximum atomic E-state index is 12.7. The van der Waals surface area contributed by atoms with Crippen LogP contribution in [-0.4, -0.2) is 40.5 Å². The number of H-pyrrole nitrogens is 1. The fourth-order valence-corrected chi connectivity index (χ4v) is 3.07. The van der Waals surface area contributed by atoms with E-state index >= 15 is 0 Å². The molecule has 1 aliphatic heterocycles. The largest absolute Gasteiger partial charge is 0.744 e. The number of aromatic nitrogens is 2. The number of carbonyl (C=O) groups excluding carboxylic acids is 2. The van der Waals surface area contributed by atoms with Crippen molar-refractivity contribution in [1.82, 2.24) is 9.78 Å². The predicted molar refractivity (Wildman–Crippen MR) is 93.3 cm³/mol. The molecule has 0 radical (unpaired) electrons. The normalized spacial score (nSPS) is 16.5. The summed E-state index contributed by atoms with van der Waals surface area (Å²) in [5, 5.41) is 2.75. The second kappa shape index (κ2) is 6.46. The number of hydrogen-bond acceptors (Lipinski definition) is 8. The van der Waals surface area contributed by atoms with Gasteiger partial charge in [-0.25, -0.2) is 22.7 Å². The van der Waals surface area contributed by atoms with Crippen LogP contribution in [0.5, 0.6) is 0 Å². The number of nitrogens with one attached hydrogen (secondary N) is 1. The molecule has 0 unspecified atom stereocenters. The first-order valence-corrected chi connectivity index (χ1v) is 9.36. The smallest absolute Gasteiger partial charge is 0.348 e. The minimum atomic E-state index is -4.62. The highest BCUT2D eigenvalue weighted by atomic mass is 32.2. The van der Waals surface area contributed by atoms with Crippen LogP contribution in [-0.2, 0) is 29.2 Å². The molecule has 11 heteroatoms. The Morgan fingerprint density at radius 1 is 1.07 bits per heavy atom. The lowest BCUT2D eigenvalue weighted by Crippen LogP contribution is -2.41. The van der Waals surface area contributed by atoms with Gasteiger partial charge in [0.1, 0.15) is 15.7 Å². The first kappa shape index (κ1) is 19.6. The topological polar surface area (TPSA) is 148 Å². The molecular weight excluding hydrogens is 392 g/mol. The van der Waals surface area contributed by atoms with E-state index in [-0.39, 0.29) is 11.3 Å². The summed E-state index contributed by atoms with van der Waals surface area (Å²) in [6, 6.07) is 4.67. The highest BCUT2D eigenvalue weighted by molar-refractivity contribution is 7.85. The van der Waals surface area contributed by atoms with Gasteiger partial charge in [-0.3, -0.25) is 9.89 Å². The van der Waals surface area contributed by atoms with Crippen molar-refractivity contribution in [3.63, 3.8) is 0 Å². The highest BCUT2D eigenvalue weighted by Crippen LogP contribution is 2.24.